The molecule has 1 heterocycles. The Hall–Kier alpha value is -2.07. The van der Waals surface area contributed by atoms with Gasteiger partial charge in [-0.25, -0.2) is 4.79 Å². The van der Waals surface area contributed by atoms with Gasteiger partial charge in [-0.1, -0.05) is 30.3 Å². The molecular formula is C15H16N2O2. The van der Waals surface area contributed by atoms with Crippen LogP contribution in [0.3, 0.4) is 0 Å². The third kappa shape index (κ3) is 2.39. The number of carboxylic acid groups (broad SMARTS) is 1. The summed E-state index contributed by atoms with van der Waals surface area (Å²) in [6.07, 6.45) is 1.96. The normalized spacial score (nSPS) is 17.4. The van der Waals surface area contributed by atoms with Crippen LogP contribution in [-0.4, -0.2) is 16.1 Å². The maximum atomic E-state index is 10.9. The van der Waals surface area contributed by atoms with Crippen molar-refractivity contribution in [2.24, 2.45) is 0 Å². The standard InChI is InChI=1S/C15H16N2O2/c18-15(19)13-8-11-6-7-12(14(11)17-13)16-9-10-4-2-1-3-5-10/h1-5,8,12,16-17H,6-7,9H2,(H,18,19). The van der Waals surface area contributed by atoms with E-state index in [1.165, 1.54) is 5.56 Å². The van der Waals surface area contributed by atoms with E-state index < -0.39 is 5.97 Å². The van der Waals surface area contributed by atoms with Gasteiger partial charge >= 0.3 is 5.97 Å². The summed E-state index contributed by atoms with van der Waals surface area (Å²) in [6, 6.07) is 12.2. The van der Waals surface area contributed by atoms with E-state index in [0.717, 1.165) is 30.6 Å². The lowest BCUT2D eigenvalue weighted by Crippen LogP contribution is -2.19. The molecule has 4 nitrogen and oxygen atoms in total. The van der Waals surface area contributed by atoms with Crippen molar-refractivity contribution in [3.63, 3.8) is 0 Å². The van der Waals surface area contributed by atoms with Crippen LogP contribution in [0.2, 0.25) is 0 Å². The number of aryl methyl sites for hydroxylation is 1. The van der Waals surface area contributed by atoms with E-state index in [2.05, 4.69) is 22.4 Å². The number of carboxylic acids is 1. The number of fused-ring (bicyclic) bond motifs is 1. The number of aromatic carboxylic acids is 1. The molecular weight excluding hydrogens is 240 g/mol. The Labute approximate surface area is 111 Å². The highest BCUT2D eigenvalue weighted by Gasteiger charge is 2.25. The first-order chi connectivity index (χ1) is 9.24. The van der Waals surface area contributed by atoms with Crippen molar-refractivity contribution in [1.82, 2.24) is 10.3 Å². The molecule has 98 valence electrons. The van der Waals surface area contributed by atoms with Gasteiger partial charge in [0.15, 0.2) is 0 Å². The number of carbonyl (C=O) groups is 1. The number of aromatic nitrogens is 1. The van der Waals surface area contributed by atoms with Gasteiger partial charge in [-0.2, -0.15) is 0 Å². The minimum atomic E-state index is -0.892. The Morgan fingerprint density at radius 2 is 2.16 bits per heavy atom. The van der Waals surface area contributed by atoms with E-state index in [1.54, 1.807) is 6.07 Å². The largest absolute Gasteiger partial charge is 0.477 e. The number of rotatable bonds is 4. The molecule has 1 aromatic heterocycles. The van der Waals surface area contributed by atoms with Crippen molar-refractivity contribution in [3.05, 3.63) is 58.9 Å². The van der Waals surface area contributed by atoms with Crippen LogP contribution in [0, 0.1) is 0 Å². The molecule has 0 radical (unpaired) electrons. The molecule has 1 unspecified atom stereocenters. The van der Waals surface area contributed by atoms with Crippen LogP contribution in [0.1, 0.15) is 39.8 Å². The Balaban J connectivity index is 1.70. The summed E-state index contributed by atoms with van der Waals surface area (Å²) >= 11 is 0. The van der Waals surface area contributed by atoms with E-state index in [4.69, 9.17) is 5.11 Å². The summed E-state index contributed by atoms with van der Waals surface area (Å²) in [5.41, 5.74) is 3.69. The Kier molecular flexibility index (Phi) is 3.09. The fraction of sp³-hybridized carbons (Fsp3) is 0.267. The molecule has 19 heavy (non-hydrogen) atoms. The molecule has 2 aromatic rings. The topological polar surface area (TPSA) is 65.1 Å². The number of nitrogens with one attached hydrogen (secondary N) is 2. The summed E-state index contributed by atoms with van der Waals surface area (Å²) in [5.74, 6) is -0.892. The molecule has 3 N–H and O–H groups in total. The Bertz CT molecular complexity index is 589. The number of hydrogen-bond donors (Lipinski definition) is 3. The minimum absolute atomic E-state index is 0.225. The highest BCUT2D eigenvalue weighted by atomic mass is 16.4. The number of H-pyrrole nitrogens is 1. The summed E-state index contributed by atoms with van der Waals surface area (Å²) in [6.45, 7) is 0.798. The van der Waals surface area contributed by atoms with Crippen LogP contribution >= 0.6 is 0 Å². The maximum absolute atomic E-state index is 10.9. The summed E-state index contributed by atoms with van der Waals surface area (Å²) in [5, 5.41) is 12.5. The van der Waals surface area contributed by atoms with Crippen LogP contribution in [0.15, 0.2) is 36.4 Å². The van der Waals surface area contributed by atoms with Crippen molar-refractivity contribution in [1.29, 1.82) is 0 Å². The number of aromatic amines is 1. The van der Waals surface area contributed by atoms with Gasteiger partial charge in [-0.05, 0) is 30.0 Å². The molecule has 4 heteroatoms. The lowest BCUT2D eigenvalue weighted by molar-refractivity contribution is 0.0691. The van der Waals surface area contributed by atoms with Crippen LogP contribution in [0.25, 0.3) is 0 Å². The smallest absolute Gasteiger partial charge is 0.352 e. The third-order valence-corrected chi connectivity index (χ3v) is 3.61. The van der Waals surface area contributed by atoms with Gasteiger partial charge in [0, 0.05) is 18.3 Å². The van der Waals surface area contributed by atoms with Crippen LogP contribution < -0.4 is 5.32 Å². The first kappa shape index (κ1) is 12.0. The molecule has 1 aliphatic rings. The highest BCUT2D eigenvalue weighted by Crippen LogP contribution is 2.31. The van der Waals surface area contributed by atoms with E-state index in [1.807, 2.05) is 18.2 Å². The van der Waals surface area contributed by atoms with Gasteiger partial charge in [0.05, 0.1) is 0 Å². The van der Waals surface area contributed by atoms with Gasteiger partial charge in [-0.15, -0.1) is 0 Å². The third-order valence-electron chi connectivity index (χ3n) is 3.61. The first-order valence-corrected chi connectivity index (χ1v) is 6.46. The zero-order valence-electron chi connectivity index (χ0n) is 10.5. The second-order valence-corrected chi connectivity index (χ2v) is 4.88. The lowest BCUT2D eigenvalue weighted by Gasteiger charge is -2.12. The van der Waals surface area contributed by atoms with Gasteiger partial charge in [-0.3, -0.25) is 0 Å². The molecule has 0 aliphatic heterocycles. The fourth-order valence-corrected chi connectivity index (χ4v) is 2.63. The molecule has 0 spiro atoms. The Morgan fingerprint density at radius 3 is 2.89 bits per heavy atom. The highest BCUT2D eigenvalue weighted by molar-refractivity contribution is 5.86. The zero-order chi connectivity index (χ0) is 13.2. The average Bonchev–Trinajstić information content (AvgIpc) is 2.98. The minimum Gasteiger partial charge on any atom is -0.477 e. The number of hydrogen-bond acceptors (Lipinski definition) is 2. The van der Waals surface area contributed by atoms with Crippen molar-refractivity contribution in [3.8, 4) is 0 Å². The van der Waals surface area contributed by atoms with Crippen LogP contribution in [0.5, 0.6) is 0 Å². The van der Waals surface area contributed by atoms with E-state index in [9.17, 15) is 4.79 Å². The quantitative estimate of drug-likeness (QED) is 0.787. The molecule has 1 aromatic carbocycles. The van der Waals surface area contributed by atoms with Gasteiger partial charge in [0.25, 0.3) is 0 Å². The summed E-state index contributed by atoms with van der Waals surface area (Å²) in [4.78, 5) is 14.0. The van der Waals surface area contributed by atoms with Crippen LogP contribution in [-0.2, 0) is 13.0 Å². The summed E-state index contributed by atoms with van der Waals surface area (Å²) < 4.78 is 0. The lowest BCUT2D eigenvalue weighted by atomic mass is 10.2. The van der Waals surface area contributed by atoms with Crippen molar-refractivity contribution in [2.45, 2.75) is 25.4 Å². The zero-order valence-corrected chi connectivity index (χ0v) is 10.5. The summed E-state index contributed by atoms with van der Waals surface area (Å²) in [7, 11) is 0. The monoisotopic (exact) mass is 256 g/mol. The molecule has 0 fully saturated rings. The average molecular weight is 256 g/mol. The SMILES string of the molecule is O=C(O)c1cc2c([nH]1)C(NCc1ccccc1)CC2. The molecule has 3 rings (SSSR count). The Morgan fingerprint density at radius 1 is 1.37 bits per heavy atom. The first-order valence-electron chi connectivity index (χ1n) is 6.46. The molecule has 0 bridgehead atoms. The predicted molar refractivity (Wildman–Crippen MR) is 72.1 cm³/mol. The molecule has 1 aliphatic carbocycles. The second kappa shape index (κ2) is 4.90. The van der Waals surface area contributed by atoms with Crippen molar-refractivity contribution < 1.29 is 9.90 Å². The van der Waals surface area contributed by atoms with Crippen LogP contribution in [0.4, 0.5) is 0 Å². The molecule has 0 saturated carbocycles. The second-order valence-electron chi connectivity index (χ2n) is 4.88. The predicted octanol–water partition coefficient (Wildman–Crippen LogP) is 2.49. The number of benzene rings is 1. The fourth-order valence-electron chi connectivity index (χ4n) is 2.63. The van der Waals surface area contributed by atoms with Crippen molar-refractivity contribution >= 4 is 5.97 Å². The molecule has 0 amide bonds. The van der Waals surface area contributed by atoms with Crippen molar-refractivity contribution in [2.75, 3.05) is 0 Å². The van der Waals surface area contributed by atoms with E-state index >= 15 is 0 Å². The van der Waals surface area contributed by atoms with Gasteiger partial charge in [0.2, 0.25) is 0 Å². The van der Waals surface area contributed by atoms with Gasteiger partial charge < -0.3 is 15.4 Å². The van der Waals surface area contributed by atoms with E-state index in [-0.39, 0.29) is 11.7 Å². The molecule has 1 atom stereocenters. The van der Waals surface area contributed by atoms with E-state index in [0.29, 0.717) is 0 Å². The maximum Gasteiger partial charge on any atom is 0.352 e. The molecule has 0 saturated heterocycles. The van der Waals surface area contributed by atoms with Gasteiger partial charge in [0.1, 0.15) is 5.69 Å².